The van der Waals surface area contributed by atoms with Crippen molar-refractivity contribution in [2.75, 3.05) is 44.8 Å². The Balaban J connectivity index is 1.44. The van der Waals surface area contributed by atoms with Crippen molar-refractivity contribution in [2.45, 2.75) is 25.1 Å². The Morgan fingerprint density at radius 2 is 1.75 bits per heavy atom. The van der Waals surface area contributed by atoms with Crippen molar-refractivity contribution in [3.05, 3.63) is 59.7 Å². The van der Waals surface area contributed by atoms with Gasteiger partial charge in [-0.25, -0.2) is 4.79 Å². The highest BCUT2D eigenvalue weighted by molar-refractivity contribution is 5.96. The normalized spacial score (nSPS) is 14.8. The highest BCUT2D eigenvalue weighted by Gasteiger charge is 2.30. The summed E-state index contributed by atoms with van der Waals surface area (Å²) in [5.74, 6) is -0.588. The Kier molecular flexibility index (Phi) is 8.90. The van der Waals surface area contributed by atoms with Crippen LogP contribution < -0.4 is 10.6 Å². The summed E-state index contributed by atoms with van der Waals surface area (Å²) in [5.41, 5.74) is 0.0215. The van der Waals surface area contributed by atoms with Crippen LogP contribution in [0.5, 0.6) is 0 Å². The maximum atomic E-state index is 12.9. The number of rotatable bonds is 10. The van der Waals surface area contributed by atoms with Crippen LogP contribution in [0.2, 0.25) is 0 Å². The topological polar surface area (TPSA) is 68.8 Å². The predicted molar refractivity (Wildman–Crippen MR) is 114 cm³/mol. The van der Waals surface area contributed by atoms with Crippen molar-refractivity contribution in [1.82, 2.24) is 5.32 Å². The zero-order valence-electron chi connectivity index (χ0n) is 17.6. The molecule has 9 heteroatoms. The summed E-state index contributed by atoms with van der Waals surface area (Å²) in [5, 5.41) is 6.14. The molecule has 6 nitrogen and oxygen atoms in total. The summed E-state index contributed by atoms with van der Waals surface area (Å²) in [4.78, 5) is 12.4. The van der Waals surface area contributed by atoms with E-state index in [1.165, 1.54) is 12.1 Å². The minimum atomic E-state index is -4.45. The number of esters is 1. The van der Waals surface area contributed by atoms with Gasteiger partial charge in [0.1, 0.15) is 6.61 Å². The first-order chi connectivity index (χ1) is 15.4. The Morgan fingerprint density at radius 1 is 1.00 bits per heavy atom. The summed E-state index contributed by atoms with van der Waals surface area (Å²) in [6.45, 7) is 3.11. The van der Waals surface area contributed by atoms with Gasteiger partial charge in [0.05, 0.1) is 42.7 Å². The fraction of sp³-hybridized carbons (Fsp3) is 0.435. The van der Waals surface area contributed by atoms with E-state index in [4.69, 9.17) is 14.2 Å². The summed E-state index contributed by atoms with van der Waals surface area (Å²) in [6, 6.07) is 11.3. The molecule has 32 heavy (non-hydrogen) atoms. The molecule has 174 valence electrons. The molecule has 0 atom stereocenters. The first-order valence-electron chi connectivity index (χ1n) is 10.5. The molecule has 3 rings (SSSR count). The molecule has 1 fully saturated rings. The van der Waals surface area contributed by atoms with Gasteiger partial charge in [0.15, 0.2) is 0 Å². The number of hydrogen-bond donors (Lipinski definition) is 2. The third kappa shape index (κ3) is 7.51. The summed E-state index contributed by atoms with van der Waals surface area (Å²) >= 11 is 0. The molecule has 0 spiro atoms. The molecular formula is C23H27F3N2O4. The van der Waals surface area contributed by atoms with Crippen LogP contribution in [0.15, 0.2) is 48.5 Å². The maximum absolute atomic E-state index is 12.9. The number of piperidine rings is 1. The number of benzene rings is 2. The van der Waals surface area contributed by atoms with Crippen molar-refractivity contribution in [3.63, 3.8) is 0 Å². The molecule has 0 amide bonds. The van der Waals surface area contributed by atoms with Crippen molar-refractivity contribution < 1.29 is 32.2 Å². The van der Waals surface area contributed by atoms with Crippen LogP contribution in [0.25, 0.3) is 0 Å². The Bertz CT molecular complexity index is 870. The third-order valence-electron chi connectivity index (χ3n) is 4.94. The van der Waals surface area contributed by atoms with Gasteiger partial charge in [0.25, 0.3) is 0 Å². The molecule has 1 heterocycles. The monoisotopic (exact) mass is 452 g/mol. The number of nitrogens with one attached hydrogen (secondary N) is 2. The number of anilines is 2. The highest BCUT2D eigenvalue weighted by Crippen LogP contribution is 2.32. The minimum absolute atomic E-state index is 0.0596. The van der Waals surface area contributed by atoms with Crippen LogP contribution in [0.1, 0.15) is 28.8 Å². The molecule has 0 radical (unpaired) electrons. The van der Waals surface area contributed by atoms with E-state index in [-0.39, 0.29) is 30.6 Å². The number of halogens is 3. The first kappa shape index (κ1) is 24.0. The van der Waals surface area contributed by atoms with E-state index >= 15 is 0 Å². The lowest BCUT2D eigenvalue weighted by Crippen LogP contribution is -2.33. The summed E-state index contributed by atoms with van der Waals surface area (Å²) < 4.78 is 55.2. The SMILES string of the molecule is O=C(OCCOCCOC1CCNCC1)c1ccccc1Nc1cccc(C(F)(F)F)c1. The second-order valence-corrected chi connectivity index (χ2v) is 7.32. The van der Waals surface area contributed by atoms with Gasteiger partial charge in [-0.15, -0.1) is 0 Å². The van der Waals surface area contributed by atoms with E-state index in [0.717, 1.165) is 38.1 Å². The zero-order chi connectivity index (χ0) is 22.8. The maximum Gasteiger partial charge on any atom is 0.416 e. The van der Waals surface area contributed by atoms with Crippen LogP contribution in [0.4, 0.5) is 24.5 Å². The van der Waals surface area contributed by atoms with Gasteiger partial charge >= 0.3 is 12.1 Å². The highest BCUT2D eigenvalue weighted by atomic mass is 19.4. The lowest BCUT2D eigenvalue weighted by Gasteiger charge is -2.22. The van der Waals surface area contributed by atoms with E-state index in [0.29, 0.717) is 18.9 Å². The van der Waals surface area contributed by atoms with Crippen LogP contribution >= 0.6 is 0 Å². The molecule has 1 aliphatic heterocycles. The van der Waals surface area contributed by atoms with Crippen LogP contribution in [-0.2, 0) is 20.4 Å². The van der Waals surface area contributed by atoms with Crippen molar-refractivity contribution in [2.24, 2.45) is 0 Å². The molecule has 2 N–H and O–H groups in total. The summed E-state index contributed by atoms with van der Waals surface area (Å²) in [6.07, 6.45) is -2.20. The molecule has 0 aromatic heterocycles. The number of para-hydroxylation sites is 1. The molecule has 0 aliphatic carbocycles. The summed E-state index contributed by atoms with van der Waals surface area (Å²) in [7, 11) is 0. The fourth-order valence-corrected chi connectivity index (χ4v) is 3.31. The smallest absolute Gasteiger partial charge is 0.416 e. The van der Waals surface area contributed by atoms with E-state index < -0.39 is 17.7 Å². The molecule has 0 bridgehead atoms. The second-order valence-electron chi connectivity index (χ2n) is 7.32. The number of carbonyl (C=O) groups is 1. The molecule has 0 saturated carbocycles. The van der Waals surface area contributed by atoms with E-state index in [1.54, 1.807) is 24.3 Å². The lowest BCUT2D eigenvalue weighted by atomic mass is 10.1. The standard InChI is InChI=1S/C23H27F3N2O4/c24-23(25,26)17-4-3-5-18(16-17)28-21-7-2-1-6-20(21)22(29)32-15-13-30-12-14-31-19-8-10-27-11-9-19/h1-7,16,19,27-28H,8-15H2. The van der Waals surface area contributed by atoms with Crippen molar-refractivity contribution in [1.29, 1.82) is 0 Å². The molecule has 1 aliphatic rings. The fourth-order valence-electron chi connectivity index (χ4n) is 3.31. The lowest BCUT2D eigenvalue weighted by molar-refractivity contribution is -0.137. The predicted octanol–water partition coefficient (Wildman–Crippen LogP) is 4.39. The second kappa shape index (κ2) is 11.8. The van der Waals surface area contributed by atoms with E-state index in [1.807, 2.05) is 0 Å². The van der Waals surface area contributed by atoms with Gasteiger partial charge in [-0.3, -0.25) is 0 Å². The third-order valence-corrected chi connectivity index (χ3v) is 4.94. The van der Waals surface area contributed by atoms with Gasteiger partial charge in [0, 0.05) is 5.69 Å². The van der Waals surface area contributed by atoms with Gasteiger partial charge in [-0.1, -0.05) is 18.2 Å². The molecule has 1 saturated heterocycles. The number of ether oxygens (including phenoxy) is 3. The zero-order valence-corrected chi connectivity index (χ0v) is 17.6. The van der Waals surface area contributed by atoms with Crippen molar-refractivity contribution in [3.8, 4) is 0 Å². The first-order valence-corrected chi connectivity index (χ1v) is 10.5. The Labute approximate surface area is 185 Å². The van der Waals surface area contributed by atoms with Gasteiger partial charge < -0.3 is 24.8 Å². The van der Waals surface area contributed by atoms with E-state index in [9.17, 15) is 18.0 Å². The largest absolute Gasteiger partial charge is 0.460 e. The average molecular weight is 452 g/mol. The molecule has 2 aromatic carbocycles. The average Bonchev–Trinajstić information content (AvgIpc) is 2.79. The van der Waals surface area contributed by atoms with Crippen LogP contribution in [-0.4, -0.2) is 51.6 Å². The molecular weight excluding hydrogens is 425 g/mol. The van der Waals surface area contributed by atoms with E-state index in [2.05, 4.69) is 10.6 Å². The number of alkyl halides is 3. The van der Waals surface area contributed by atoms with Crippen LogP contribution in [0.3, 0.4) is 0 Å². The van der Waals surface area contributed by atoms with Gasteiger partial charge in [-0.2, -0.15) is 13.2 Å². The Hall–Kier alpha value is -2.62. The minimum Gasteiger partial charge on any atom is -0.460 e. The number of hydrogen-bond acceptors (Lipinski definition) is 6. The van der Waals surface area contributed by atoms with Crippen LogP contribution in [0, 0.1) is 0 Å². The molecule has 2 aromatic rings. The number of carbonyl (C=O) groups excluding carboxylic acids is 1. The Morgan fingerprint density at radius 3 is 2.53 bits per heavy atom. The quantitative estimate of drug-likeness (QED) is 0.412. The molecule has 0 unspecified atom stereocenters. The van der Waals surface area contributed by atoms with Gasteiger partial charge in [-0.05, 0) is 56.3 Å². The van der Waals surface area contributed by atoms with Crippen molar-refractivity contribution >= 4 is 17.3 Å². The van der Waals surface area contributed by atoms with Gasteiger partial charge in [0.2, 0.25) is 0 Å².